The lowest BCUT2D eigenvalue weighted by Crippen LogP contribution is -2.21. The van der Waals surface area contributed by atoms with Crippen LogP contribution in [-0.2, 0) is 4.74 Å². The van der Waals surface area contributed by atoms with Crippen LogP contribution in [0.25, 0.3) is 0 Å². The van der Waals surface area contributed by atoms with Gasteiger partial charge in [-0.1, -0.05) is 6.07 Å². The van der Waals surface area contributed by atoms with Crippen molar-refractivity contribution in [1.82, 2.24) is 4.98 Å². The number of esters is 1. The first-order valence-corrected chi connectivity index (χ1v) is 8.77. The topological polar surface area (TPSA) is 85.5 Å². The molecule has 2 aromatic rings. The molecule has 1 aromatic heterocycles. The van der Waals surface area contributed by atoms with E-state index >= 15 is 0 Å². The van der Waals surface area contributed by atoms with Crippen LogP contribution in [0.5, 0.6) is 0 Å². The molecule has 2 heterocycles. The Morgan fingerprint density at radius 1 is 1.27 bits per heavy atom. The Hall–Kier alpha value is -2.89. The summed E-state index contributed by atoms with van der Waals surface area (Å²) in [5, 5.41) is 0. The Balaban J connectivity index is 1.80. The lowest BCUT2D eigenvalue weighted by molar-refractivity contribution is 0.0526. The fourth-order valence-corrected chi connectivity index (χ4v) is 3.41. The molecule has 1 aromatic carbocycles. The van der Waals surface area contributed by atoms with Crippen molar-refractivity contribution < 1.29 is 14.3 Å². The zero-order chi connectivity index (χ0) is 18.7. The van der Waals surface area contributed by atoms with E-state index in [0.29, 0.717) is 23.7 Å². The number of aryl methyl sites for hydroxylation is 1. The highest BCUT2D eigenvalue weighted by molar-refractivity contribution is 5.93. The van der Waals surface area contributed by atoms with E-state index in [1.54, 1.807) is 19.2 Å². The molecule has 0 radical (unpaired) electrons. The minimum absolute atomic E-state index is 0.290. The molecule has 0 spiro atoms. The molecule has 26 heavy (non-hydrogen) atoms. The summed E-state index contributed by atoms with van der Waals surface area (Å²) in [6.07, 6.45) is 4.19. The summed E-state index contributed by atoms with van der Waals surface area (Å²) in [6.45, 7) is 5.88. The maximum absolute atomic E-state index is 12.0. The van der Waals surface area contributed by atoms with Gasteiger partial charge in [0.25, 0.3) is 0 Å². The molecule has 6 nitrogen and oxygen atoms in total. The van der Waals surface area contributed by atoms with Crippen LogP contribution < -0.4 is 10.6 Å². The molecule has 1 aliphatic rings. The van der Waals surface area contributed by atoms with Gasteiger partial charge >= 0.3 is 5.97 Å². The molecule has 0 bridgehead atoms. The summed E-state index contributed by atoms with van der Waals surface area (Å²) < 4.78 is 5.11. The number of nitrogens with zero attached hydrogens (tertiary/aromatic N) is 2. The number of amides is 1. The Morgan fingerprint density at radius 2 is 2.08 bits per heavy atom. The SMILES string of the molecule is CCOC(=O)c1ccc(C)c([C@H]2CCN(c3cncc(C(N)=O)c3)C2)c1. The third-order valence-corrected chi connectivity index (χ3v) is 4.79. The first kappa shape index (κ1) is 17.9. The minimum Gasteiger partial charge on any atom is -0.462 e. The van der Waals surface area contributed by atoms with E-state index in [9.17, 15) is 9.59 Å². The van der Waals surface area contributed by atoms with Crippen molar-refractivity contribution in [2.24, 2.45) is 5.73 Å². The molecule has 1 amide bonds. The fourth-order valence-electron chi connectivity index (χ4n) is 3.41. The summed E-state index contributed by atoms with van der Waals surface area (Å²) in [5.41, 5.74) is 9.56. The maximum Gasteiger partial charge on any atom is 0.338 e. The van der Waals surface area contributed by atoms with Crippen LogP contribution in [0.4, 0.5) is 5.69 Å². The standard InChI is InChI=1S/C20H23N3O3/c1-3-26-20(25)14-5-4-13(2)18(9-14)15-6-7-23(12-15)17-8-16(19(21)24)10-22-11-17/h4-5,8-11,15H,3,6-7,12H2,1-2H3,(H2,21,24)/t15-/m0/s1. The average Bonchev–Trinajstić information content (AvgIpc) is 3.12. The summed E-state index contributed by atoms with van der Waals surface area (Å²) in [4.78, 5) is 29.7. The van der Waals surface area contributed by atoms with Crippen molar-refractivity contribution in [3.8, 4) is 0 Å². The largest absolute Gasteiger partial charge is 0.462 e. The van der Waals surface area contributed by atoms with Gasteiger partial charge in [0.15, 0.2) is 0 Å². The number of ether oxygens (including phenoxy) is 1. The lowest BCUT2D eigenvalue weighted by atomic mass is 9.92. The fraction of sp³-hybridized carbons (Fsp3) is 0.350. The smallest absolute Gasteiger partial charge is 0.338 e. The molecule has 0 saturated carbocycles. The zero-order valence-corrected chi connectivity index (χ0v) is 15.1. The first-order chi connectivity index (χ1) is 12.5. The number of carbonyl (C=O) groups excluding carboxylic acids is 2. The van der Waals surface area contributed by atoms with Crippen molar-refractivity contribution >= 4 is 17.6 Å². The highest BCUT2D eigenvalue weighted by Crippen LogP contribution is 2.33. The molecule has 1 fully saturated rings. The van der Waals surface area contributed by atoms with Gasteiger partial charge in [0.1, 0.15) is 0 Å². The molecular formula is C20H23N3O3. The third-order valence-electron chi connectivity index (χ3n) is 4.79. The van der Waals surface area contributed by atoms with Gasteiger partial charge in [-0.3, -0.25) is 9.78 Å². The minimum atomic E-state index is -0.479. The van der Waals surface area contributed by atoms with E-state index in [2.05, 4.69) is 16.8 Å². The van der Waals surface area contributed by atoms with E-state index in [1.807, 2.05) is 18.2 Å². The van der Waals surface area contributed by atoms with Crippen LogP contribution in [0, 0.1) is 6.92 Å². The highest BCUT2D eigenvalue weighted by Gasteiger charge is 2.26. The van der Waals surface area contributed by atoms with E-state index in [4.69, 9.17) is 10.5 Å². The number of carbonyl (C=O) groups is 2. The van der Waals surface area contributed by atoms with Crippen LogP contribution in [0.2, 0.25) is 0 Å². The summed E-state index contributed by atoms with van der Waals surface area (Å²) >= 11 is 0. The summed E-state index contributed by atoms with van der Waals surface area (Å²) in [6, 6.07) is 7.50. The number of benzene rings is 1. The van der Waals surface area contributed by atoms with E-state index in [1.165, 1.54) is 6.20 Å². The van der Waals surface area contributed by atoms with Crippen LogP contribution >= 0.6 is 0 Å². The maximum atomic E-state index is 12.0. The Bertz CT molecular complexity index is 835. The van der Waals surface area contributed by atoms with Gasteiger partial charge in [-0.05, 0) is 49.6 Å². The molecular weight excluding hydrogens is 330 g/mol. The van der Waals surface area contributed by atoms with Crippen LogP contribution in [0.3, 0.4) is 0 Å². The van der Waals surface area contributed by atoms with Crippen molar-refractivity contribution in [3.05, 3.63) is 58.9 Å². The second kappa shape index (κ2) is 7.56. The highest BCUT2D eigenvalue weighted by atomic mass is 16.5. The number of hydrogen-bond acceptors (Lipinski definition) is 5. The van der Waals surface area contributed by atoms with E-state index in [0.717, 1.165) is 36.3 Å². The van der Waals surface area contributed by atoms with Gasteiger partial charge in [-0.15, -0.1) is 0 Å². The predicted octanol–water partition coefficient (Wildman–Crippen LogP) is 2.66. The second-order valence-corrected chi connectivity index (χ2v) is 6.52. The lowest BCUT2D eigenvalue weighted by Gasteiger charge is -2.20. The number of hydrogen-bond donors (Lipinski definition) is 1. The quantitative estimate of drug-likeness (QED) is 0.835. The molecule has 0 aliphatic carbocycles. The van der Waals surface area contributed by atoms with Crippen LogP contribution in [0.15, 0.2) is 36.7 Å². The monoisotopic (exact) mass is 353 g/mol. The van der Waals surface area contributed by atoms with Crippen molar-refractivity contribution in [2.75, 3.05) is 24.6 Å². The third kappa shape index (κ3) is 3.69. The van der Waals surface area contributed by atoms with E-state index < -0.39 is 5.91 Å². The number of pyridine rings is 1. The van der Waals surface area contributed by atoms with E-state index in [-0.39, 0.29) is 5.97 Å². The van der Waals surface area contributed by atoms with Gasteiger partial charge in [0, 0.05) is 25.2 Å². The summed E-state index contributed by atoms with van der Waals surface area (Å²) in [7, 11) is 0. The van der Waals surface area contributed by atoms with Crippen molar-refractivity contribution in [1.29, 1.82) is 0 Å². The van der Waals surface area contributed by atoms with Crippen molar-refractivity contribution in [2.45, 2.75) is 26.2 Å². The van der Waals surface area contributed by atoms with Crippen LogP contribution in [-0.4, -0.2) is 36.6 Å². The van der Waals surface area contributed by atoms with Gasteiger partial charge in [0.05, 0.1) is 29.6 Å². The molecule has 1 aliphatic heterocycles. The molecule has 6 heteroatoms. The summed E-state index contributed by atoms with van der Waals surface area (Å²) in [5.74, 6) is -0.461. The molecule has 1 atom stereocenters. The van der Waals surface area contributed by atoms with Gasteiger partial charge < -0.3 is 15.4 Å². The number of primary amides is 1. The Labute approximate surface area is 153 Å². The number of aromatic nitrogens is 1. The Kier molecular flexibility index (Phi) is 5.21. The number of nitrogens with two attached hydrogens (primary N) is 1. The van der Waals surface area contributed by atoms with Gasteiger partial charge in [0.2, 0.25) is 5.91 Å². The Morgan fingerprint density at radius 3 is 2.81 bits per heavy atom. The average molecular weight is 353 g/mol. The molecule has 1 saturated heterocycles. The number of anilines is 1. The first-order valence-electron chi connectivity index (χ1n) is 8.77. The molecule has 0 unspecified atom stereocenters. The molecule has 136 valence electrons. The molecule has 3 rings (SSSR count). The van der Waals surface area contributed by atoms with Crippen LogP contribution in [0.1, 0.15) is 51.1 Å². The number of rotatable bonds is 5. The second-order valence-electron chi connectivity index (χ2n) is 6.52. The van der Waals surface area contributed by atoms with Gasteiger partial charge in [-0.25, -0.2) is 4.79 Å². The molecule has 2 N–H and O–H groups in total. The predicted molar refractivity (Wildman–Crippen MR) is 99.5 cm³/mol. The van der Waals surface area contributed by atoms with Gasteiger partial charge in [-0.2, -0.15) is 0 Å². The normalized spacial score (nSPS) is 16.5. The van der Waals surface area contributed by atoms with Crippen molar-refractivity contribution in [3.63, 3.8) is 0 Å². The zero-order valence-electron chi connectivity index (χ0n) is 15.1.